The summed E-state index contributed by atoms with van der Waals surface area (Å²) in [6.45, 7) is 10.8. The van der Waals surface area contributed by atoms with E-state index in [1.807, 2.05) is 57.2 Å². The summed E-state index contributed by atoms with van der Waals surface area (Å²) in [4.78, 5) is 30.8. The van der Waals surface area contributed by atoms with E-state index in [2.05, 4.69) is 28.0 Å². The Morgan fingerprint density at radius 2 is 1.56 bits per heavy atom. The van der Waals surface area contributed by atoms with Crippen molar-refractivity contribution in [3.8, 4) is 11.1 Å². The molecule has 240 valence electrons. The number of methoxy groups -OCH3 is 1. The Bertz CT molecular complexity index is 1460. The summed E-state index contributed by atoms with van der Waals surface area (Å²) in [6.07, 6.45) is 0.806. The molecular formula is C36H44ClN3O5. The summed E-state index contributed by atoms with van der Waals surface area (Å²) in [5.41, 5.74) is 5.19. The van der Waals surface area contributed by atoms with Gasteiger partial charge in [0.2, 0.25) is 0 Å². The third-order valence-electron chi connectivity index (χ3n) is 8.66. The third-order valence-corrected chi connectivity index (χ3v) is 8.91. The number of hydrogen-bond donors (Lipinski definition) is 1. The number of piperidine rings is 1. The first kappa shape index (κ1) is 32.8. The monoisotopic (exact) mass is 633 g/mol. The van der Waals surface area contributed by atoms with Crippen LogP contribution in [-0.2, 0) is 16.0 Å². The number of nitrogens with zero attached hydrogens (tertiary/aromatic N) is 3. The first-order valence-electron chi connectivity index (χ1n) is 15.7. The summed E-state index contributed by atoms with van der Waals surface area (Å²) in [5, 5.41) is 12.6. The summed E-state index contributed by atoms with van der Waals surface area (Å²) in [7, 11) is 1.38. The molecule has 0 unspecified atom stereocenters. The van der Waals surface area contributed by atoms with Crippen LogP contribution in [0, 0.1) is 5.92 Å². The molecule has 3 aromatic carbocycles. The molecule has 9 heteroatoms. The van der Waals surface area contributed by atoms with Gasteiger partial charge in [0.05, 0.1) is 18.8 Å². The van der Waals surface area contributed by atoms with Crippen LogP contribution in [0.4, 0.5) is 10.5 Å². The molecule has 0 aliphatic carbocycles. The molecule has 0 aromatic heterocycles. The molecule has 2 fully saturated rings. The maximum absolute atomic E-state index is 12.5. The largest absolute Gasteiger partial charge is 0.465 e. The van der Waals surface area contributed by atoms with Crippen LogP contribution in [0.2, 0.25) is 5.02 Å². The van der Waals surface area contributed by atoms with E-state index < -0.39 is 11.7 Å². The van der Waals surface area contributed by atoms with Gasteiger partial charge in [0, 0.05) is 56.5 Å². The van der Waals surface area contributed by atoms with Gasteiger partial charge in [0.15, 0.2) is 0 Å². The van der Waals surface area contributed by atoms with Crippen molar-refractivity contribution in [1.29, 1.82) is 0 Å². The number of aliphatic hydroxyl groups excluding tert-OH is 1. The van der Waals surface area contributed by atoms with Crippen LogP contribution in [0.25, 0.3) is 11.1 Å². The first-order valence-corrected chi connectivity index (χ1v) is 16.1. The summed E-state index contributed by atoms with van der Waals surface area (Å²) in [5.74, 6) is -0.237. The highest BCUT2D eigenvalue weighted by Crippen LogP contribution is 2.38. The molecule has 2 aliphatic heterocycles. The molecule has 1 amide bonds. The molecule has 5 rings (SSSR count). The van der Waals surface area contributed by atoms with Crippen molar-refractivity contribution in [2.75, 3.05) is 51.3 Å². The fourth-order valence-electron chi connectivity index (χ4n) is 6.17. The number of aliphatic hydroxyl groups is 1. The van der Waals surface area contributed by atoms with Gasteiger partial charge in [0.25, 0.3) is 0 Å². The molecule has 0 bridgehead atoms. The fraction of sp³-hybridized carbons (Fsp3) is 0.444. The Balaban J connectivity index is 1.28. The van der Waals surface area contributed by atoms with Crippen molar-refractivity contribution in [1.82, 2.24) is 9.80 Å². The van der Waals surface area contributed by atoms with Gasteiger partial charge < -0.3 is 24.4 Å². The number of halogens is 1. The normalized spacial score (nSPS) is 17.2. The van der Waals surface area contributed by atoms with Crippen LogP contribution in [0.15, 0.2) is 66.7 Å². The van der Waals surface area contributed by atoms with Gasteiger partial charge in [-0.05, 0) is 98.2 Å². The topological polar surface area (TPSA) is 82.5 Å². The number of esters is 1. The molecule has 2 saturated heterocycles. The smallest absolute Gasteiger partial charge is 0.410 e. The Hall–Kier alpha value is -3.59. The van der Waals surface area contributed by atoms with E-state index in [0.29, 0.717) is 23.7 Å². The van der Waals surface area contributed by atoms with Gasteiger partial charge in [-0.1, -0.05) is 41.9 Å². The molecular weight excluding hydrogens is 590 g/mol. The zero-order valence-electron chi connectivity index (χ0n) is 26.7. The predicted molar refractivity (Wildman–Crippen MR) is 178 cm³/mol. The number of piperazine rings is 1. The van der Waals surface area contributed by atoms with Gasteiger partial charge >= 0.3 is 12.1 Å². The lowest BCUT2D eigenvalue weighted by atomic mass is 9.83. The number of amides is 1. The average molecular weight is 634 g/mol. The maximum Gasteiger partial charge on any atom is 0.410 e. The highest BCUT2D eigenvalue weighted by atomic mass is 35.5. The van der Waals surface area contributed by atoms with Crippen molar-refractivity contribution in [3.05, 3.63) is 88.4 Å². The van der Waals surface area contributed by atoms with Crippen molar-refractivity contribution >= 4 is 29.4 Å². The molecule has 2 aliphatic rings. The molecule has 8 nitrogen and oxygen atoms in total. The number of carbonyl (C=O) groups is 2. The predicted octanol–water partition coefficient (Wildman–Crippen LogP) is 6.80. The Labute approximate surface area is 271 Å². The maximum atomic E-state index is 12.5. The van der Waals surface area contributed by atoms with Gasteiger partial charge in [-0.2, -0.15) is 0 Å². The standard InChI is InChI=1S/C36H44ClN3O5/c1-36(2,3)45-35(43)40-21-19-38(20-22-40)24-25-5-14-31(26-6-10-29(37)11-7-26)32(23-25)33(41)27-15-17-39(18-16-27)30-12-8-28(9-13-30)34(42)44-4/h5-14,23,27,33,41H,15-22,24H2,1-4H3/t33-/m0/s1. The minimum Gasteiger partial charge on any atom is -0.465 e. The van der Waals surface area contributed by atoms with Gasteiger partial charge in [-0.25, -0.2) is 9.59 Å². The lowest BCUT2D eigenvalue weighted by Gasteiger charge is -2.37. The van der Waals surface area contributed by atoms with Crippen LogP contribution in [0.1, 0.15) is 61.2 Å². The molecule has 0 spiro atoms. The zero-order valence-corrected chi connectivity index (χ0v) is 27.4. The van der Waals surface area contributed by atoms with Crippen LogP contribution in [0.3, 0.4) is 0 Å². The van der Waals surface area contributed by atoms with Crippen molar-refractivity contribution in [3.63, 3.8) is 0 Å². The van der Waals surface area contributed by atoms with Gasteiger partial charge in [-0.3, -0.25) is 4.90 Å². The molecule has 1 N–H and O–H groups in total. The second-order valence-corrected chi connectivity index (χ2v) is 13.4. The Kier molecular flexibility index (Phi) is 10.4. The minimum atomic E-state index is -0.622. The number of anilines is 1. The van der Waals surface area contributed by atoms with Crippen LogP contribution in [-0.4, -0.2) is 78.9 Å². The van der Waals surface area contributed by atoms with E-state index in [4.69, 9.17) is 21.1 Å². The zero-order chi connectivity index (χ0) is 32.1. The Morgan fingerprint density at radius 1 is 0.911 bits per heavy atom. The summed E-state index contributed by atoms with van der Waals surface area (Å²) < 4.78 is 10.4. The number of ether oxygens (including phenoxy) is 2. The molecule has 2 heterocycles. The average Bonchev–Trinajstić information content (AvgIpc) is 3.04. The van der Waals surface area contributed by atoms with E-state index in [9.17, 15) is 14.7 Å². The van der Waals surface area contributed by atoms with Crippen molar-refractivity contribution < 1.29 is 24.2 Å². The Morgan fingerprint density at radius 3 is 2.16 bits per heavy atom. The second kappa shape index (κ2) is 14.2. The summed E-state index contributed by atoms with van der Waals surface area (Å²) >= 11 is 6.20. The van der Waals surface area contributed by atoms with E-state index in [1.54, 1.807) is 17.0 Å². The quantitative estimate of drug-likeness (QED) is 0.287. The van der Waals surface area contributed by atoms with Gasteiger partial charge in [-0.15, -0.1) is 0 Å². The van der Waals surface area contributed by atoms with E-state index in [-0.39, 0.29) is 18.0 Å². The number of rotatable bonds is 7. The molecule has 0 saturated carbocycles. The number of carbonyl (C=O) groups excluding carboxylic acids is 2. The summed E-state index contributed by atoms with van der Waals surface area (Å²) in [6, 6.07) is 21.7. The van der Waals surface area contributed by atoms with Crippen molar-refractivity contribution in [2.45, 2.75) is 51.9 Å². The van der Waals surface area contributed by atoms with E-state index in [0.717, 1.165) is 73.5 Å². The van der Waals surface area contributed by atoms with E-state index >= 15 is 0 Å². The van der Waals surface area contributed by atoms with E-state index in [1.165, 1.54) is 7.11 Å². The first-order chi connectivity index (χ1) is 21.5. The molecule has 0 radical (unpaired) electrons. The highest BCUT2D eigenvalue weighted by Gasteiger charge is 2.30. The second-order valence-electron chi connectivity index (χ2n) is 13.0. The fourth-order valence-corrected chi connectivity index (χ4v) is 6.30. The van der Waals surface area contributed by atoms with Crippen molar-refractivity contribution in [2.24, 2.45) is 5.92 Å². The third kappa shape index (κ3) is 8.37. The minimum absolute atomic E-state index is 0.106. The van der Waals surface area contributed by atoms with Gasteiger partial charge in [0.1, 0.15) is 5.60 Å². The lowest BCUT2D eigenvalue weighted by molar-refractivity contribution is 0.0138. The molecule has 45 heavy (non-hydrogen) atoms. The lowest BCUT2D eigenvalue weighted by Crippen LogP contribution is -2.49. The van der Waals surface area contributed by atoms with Crippen LogP contribution in [0.5, 0.6) is 0 Å². The molecule has 1 atom stereocenters. The highest BCUT2D eigenvalue weighted by molar-refractivity contribution is 6.30. The molecule has 3 aromatic rings. The SMILES string of the molecule is COC(=O)c1ccc(N2CCC([C@H](O)c3cc(CN4CCN(C(=O)OC(C)(C)C)CC4)ccc3-c3ccc(Cl)cc3)CC2)cc1. The number of hydrogen-bond acceptors (Lipinski definition) is 7. The number of benzene rings is 3. The van der Waals surface area contributed by atoms with Crippen LogP contribution >= 0.6 is 11.6 Å². The van der Waals surface area contributed by atoms with Crippen LogP contribution < -0.4 is 4.90 Å².